The number of hydrogen-bond acceptors (Lipinski definition) is 5. The number of hydrogen-bond donors (Lipinski definition) is 2. The Morgan fingerprint density at radius 1 is 1.29 bits per heavy atom. The van der Waals surface area contributed by atoms with Crippen molar-refractivity contribution < 1.29 is 23.1 Å². The lowest BCUT2D eigenvalue weighted by Crippen LogP contribution is -2.49. The van der Waals surface area contributed by atoms with Gasteiger partial charge in [0.2, 0.25) is 9.84 Å². The van der Waals surface area contributed by atoms with Gasteiger partial charge in [-0.2, -0.15) is 0 Å². The summed E-state index contributed by atoms with van der Waals surface area (Å²) in [5.74, 6) is -1.18. The molecule has 6 nitrogen and oxygen atoms in total. The van der Waals surface area contributed by atoms with E-state index in [9.17, 15) is 13.2 Å². The summed E-state index contributed by atoms with van der Waals surface area (Å²) in [7, 11) is -3.82. The minimum atomic E-state index is -3.82. The molecule has 7 heteroatoms. The van der Waals surface area contributed by atoms with E-state index in [0.717, 1.165) is 18.4 Å². The molecule has 1 aromatic rings. The first kappa shape index (κ1) is 18.9. The zero-order valence-corrected chi connectivity index (χ0v) is 15.1. The molecule has 0 aliphatic carbocycles. The molecular weight excluding hydrogens is 330 g/mol. The van der Waals surface area contributed by atoms with Gasteiger partial charge >= 0.3 is 5.97 Å². The van der Waals surface area contributed by atoms with E-state index in [-0.39, 0.29) is 4.90 Å². The van der Waals surface area contributed by atoms with Crippen LogP contribution in [-0.2, 0) is 19.4 Å². The SMILES string of the molecule is Cc1cc(C)c(S(=O)(=O)C(OCC(=O)O)C2CCCCN2)c(C)c1. The van der Waals surface area contributed by atoms with Gasteiger partial charge in [0.1, 0.15) is 6.61 Å². The van der Waals surface area contributed by atoms with Crippen molar-refractivity contribution >= 4 is 15.8 Å². The average molecular weight is 355 g/mol. The predicted molar refractivity (Wildman–Crippen MR) is 90.9 cm³/mol. The summed E-state index contributed by atoms with van der Waals surface area (Å²) in [5, 5.41) is 12.1. The number of carbonyl (C=O) groups is 1. The van der Waals surface area contributed by atoms with Crippen LogP contribution in [0.3, 0.4) is 0 Å². The Bertz CT molecular complexity index is 685. The van der Waals surface area contributed by atoms with Crippen LogP contribution in [0.25, 0.3) is 0 Å². The first-order chi connectivity index (χ1) is 11.2. The Kier molecular flexibility index (Phi) is 6.01. The number of sulfone groups is 1. The summed E-state index contributed by atoms with van der Waals surface area (Å²) >= 11 is 0. The minimum absolute atomic E-state index is 0.246. The van der Waals surface area contributed by atoms with E-state index in [1.165, 1.54) is 0 Å². The van der Waals surface area contributed by atoms with Gasteiger partial charge in [-0.05, 0) is 51.3 Å². The van der Waals surface area contributed by atoms with Crippen molar-refractivity contribution in [1.29, 1.82) is 0 Å². The van der Waals surface area contributed by atoms with Crippen molar-refractivity contribution in [3.63, 3.8) is 0 Å². The molecule has 1 aliphatic heterocycles. The Balaban J connectivity index is 2.44. The van der Waals surface area contributed by atoms with Crippen LogP contribution in [0.4, 0.5) is 0 Å². The second kappa shape index (κ2) is 7.63. The summed E-state index contributed by atoms with van der Waals surface area (Å²) < 4.78 is 31.8. The summed E-state index contributed by atoms with van der Waals surface area (Å²) in [5.41, 5.74) is 1.11. The Labute approximate surface area is 143 Å². The number of aliphatic carboxylic acids is 1. The molecular formula is C17H25NO5S. The Morgan fingerprint density at radius 3 is 2.42 bits per heavy atom. The van der Waals surface area contributed by atoms with Crippen molar-refractivity contribution in [3.8, 4) is 0 Å². The number of piperidine rings is 1. The van der Waals surface area contributed by atoms with Crippen molar-refractivity contribution in [2.75, 3.05) is 13.2 Å². The minimum Gasteiger partial charge on any atom is -0.480 e. The van der Waals surface area contributed by atoms with Gasteiger partial charge in [-0.3, -0.25) is 0 Å². The summed E-state index contributed by atoms with van der Waals surface area (Å²) in [6.07, 6.45) is 2.52. The fourth-order valence-electron chi connectivity index (χ4n) is 3.42. The lowest BCUT2D eigenvalue weighted by atomic mass is 10.1. The van der Waals surface area contributed by atoms with E-state index in [1.54, 1.807) is 13.8 Å². The first-order valence-electron chi connectivity index (χ1n) is 8.12. The number of benzene rings is 1. The molecule has 0 saturated carbocycles. The van der Waals surface area contributed by atoms with Crippen LogP contribution >= 0.6 is 0 Å². The first-order valence-corrected chi connectivity index (χ1v) is 9.66. The zero-order valence-electron chi connectivity index (χ0n) is 14.3. The molecule has 0 spiro atoms. The van der Waals surface area contributed by atoms with Crippen LogP contribution in [-0.4, -0.2) is 44.1 Å². The molecule has 1 heterocycles. The van der Waals surface area contributed by atoms with Gasteiger partial charge in [-0.1, -0.05) is 24.1 Å². The number of aryl methyl sites for hydroxylation is 3. The number of nitrogens with one attached hydrogen (secondary N) is 1. The highest BCUT2D eigenvalue weighted by molar-refractivity contribution is 7.92. The normalized spacial score (nSPS) is 19.9. The number of carboxylic acids is 1. The average Bonchev–Trinajstić information content (AvgIpc) is 2.46. The second-order valence-electron chi connectivity index (χ2n) is 6.40. The summed E-state index contributed by atoms with van der Waals surface area (Å²) in [6, 6.07) is 3.24. The summed E-state index contributed by atoms with van der Waals surface area (Å²) in [4.78, 5) is 11.1. The molecule has 0 bridgehead atoms. The molecule has 0 amide bonds. The predicted octanol–water partition coefficient (Wildman–Crippen LogP) is 1.95. The lowest BCUT2D eigenvalue weighted by molar-refractivity contribution is -0.143. The van der Waals surface area contributed by atoms with Crippen molar-refractivity contribution in [2.24, 2.45) is 0 Å². The number of ether oxygens (including phenoxy) is 1. The van der Waals surface area contributed by atoms with Gasteiger partial charge in [-0.15, -0.1) is 0 Å². The van der Waals surface area contributed by atoms with Gasteiger partial charge in [0.25, 0.3) is 0 Å². The van der Waals surface area contributed by atoms with Crippen molar-refractivity contribution in [1.82, 2.24) is 5.32 Å². The largest absolute Gasteiger partial charge is 0.480 e. The van der Waals surface area contributed by atoms with E-state index < -0.39 is 33.9 Å². The van der Waals surface area contributed by atoms with Crippen molar-refractivity contribution in [3.05, 3.63) is 28.8 Å². The third kappa shape index (κ3) is 4.15. The molecule has 1 aromatic carbocycles. The topological polar surface area (TPSA) is 92.7 Å². The van der Waals surface area contributed by atoms with E-state index in [1.807, 2.05) is 19.1 Å². The monoisotopic (exact) mass is 355 g/mol. The molecule has 0 radical (unpaired) electrons. The molecule has 2 atom stereocenters. The molecule has 2 unspecified atom stereocenters. The molecule has 2 rings (SSSR count). The molecule has 0 aromatic heterocycles. The zero-order chi connectivity index (χ0) is 17.9. The fourth-order valence-corrected chi connectivity index (χ4v) is 5.58. The third-order valence-electron chi connectivity index (χ3n) is 4.24. The van der Waals surface area contributed by atoms with E-state index in [2.05, 4.69) is 5.32 Å². The molecule has 1 saturated heterocycles. The highest BCUT2D eigenvalue weighted by atomic mass is 32.2. The smallest absolute Gasteiger partial charge is 0.329 e. The number of carboxylic acid groups (broad SMARTS) is 1. The van der Waals surface area contributed by atoms with Crippen LogP contribution in [0.2, 0.25) is 0 Å². The van der Waals surface area contributed by atoms with E-state index >= 15 is 0 Å². The lowest BCUT2D eigenvalue weighted by Gasteiger charge is -2.31. The molecule has 1 aliphatic rings. The molecule has 134 valence electrons. The van der Waals surface area contributed by atoms with Gasteiger partial charge in [0.15, 0.2) is 5.44 Å². The van der Waals surface area contributed by atoms with Crippen LogP contribution < -0.4 is 5.32 Å². The van der Waals surface area contributed by atoms with Crippen LogP contribution in [0, 0.1) is 20.8 Å². The fraction of sp³-hybridized carbons (Fsp3) is 0.588. The van der Waals surface area contributed by atoms with Gasteiger partial charge in [0, 0.05) is 6.04 Å². The van der Waals surface area contributed by atoms with E-state index in [0.29, 0.717) is 24.1 Å². The maximum Gasteiger partial charge on any atom is 0.329 e. The standard InChI is InChI=1S/C17H25NO5S/c1-11-8-12(2)16(13(3)9-11)24(21,22)17(23-10-15(19)20)14-6-4-5-7-18-14/h8-9,14,17-18H,4-7,10H2,1-3H3,(H,19,20). The van der Waals surface area contributed by atoms with Crippen LogP contribution in [0.5, 0.6) is 0 Å². The maximum absolute atomic E-state index is 13.2. The Morgan fingerprint density at radius 2 is 1.92 bits per heavy atom. The maximum atomic E-state index is 13.2. The molecule has 1 fully saturated rings. The highest BCUT2D eigenvalue weighted by Gasteiger charge is 2.38. The molecule has 2 N–H and O–H groups in total. The Hall–Kier alpha value is -1.44. The molecule has 24 heavy (non-hydrogen) atoms. The third-order valence-corrected chi connectivity index (χ3v) is 6.53. The number of rotatable bonds is 6. The van der Waals surface area contributed by atoms with E-state index in [4.69, 9.17) is 9.84 Å². The van der Waals surface area contributed by atoms with Crippen LogP contribution in [0.1, 0.15) is 36.0 Å². The van der Waals surface area contributed by atoms with Gasteiger partial charge in [0.05, 0.1) is 4.90 Å². The quantitative estimate of drug-likeness (QED) is 0.810. The summed E-state index contributed by atoms with van der Waals surface area (Å²) in [6.45, 7) is 5.51. The van der Waals surface area contributed by atoms with Gasteiger partial charge < -0.3 is 15.2 Å². The van der Waals surface area contributed by atoms with Crippen molar-refractivity contribution in [2.45, 2.75) is 56.4 Å². The van der Waals surface area contributed by atoms with Crippen LogP contribution in [0.15, 0.2) is 17.0 Å². The van der Waals surface area contributed by atoms with Gasteiger partial charge in [-0.25, -0.2) is 13.2 Å². The second-order valence-corrected chi connectivity index (χ2v) is 8.37. The highest BCUT2D eigenvalue weighted by Crippen LogP contribution is 2.29.